The van der Waals surface area contributed by atoms with E-state index in [-0.39, 0.29) is 12.2 Å². The van der Waals surface area contributed by atoms with Gasteiger partial charge in [0.2, 0.25) is 5.91 Å². The summed E-state index contributed by atoms with van der Waals surface area (Å²) < 4.78 is 6.00. The molecule has 0 fully saturated rings. The van der Waals surface area contributed by atoms with Gasteiger partial charge in [-0.15, -0.1) is 5.10 Å². The maximum absolute atomic E-state index is 11.7. The summed E-state index contributed by atoms with van der Waals surface area (Å²) >= 11 is 0. The second kappa shape index (κ2) is 4.88. The Morgan fingerprint density at radius 2 is 2.21 bits per heavy atom. The predicted octanol–water partition coefficient (Wildman–Crippen LogP) is 0.220. The molecule has 0 saturated carbocycles. The van der Waals surface area contributed by atoms with Gasteiger partial charge >= 0.3 is 5.97 Å². The first-order valence-electron chi connectivity index (χ1n) is 5.34. The van der Waals surface area contributed by atoms with Gasteiger partial charge in [0.1, 0.15) is 12.3 Å². The van der Waals surface area contributed by atoms with Crippen molar-refractivity contribution in [3.63, 3.8) is 0 Å². The molecule has 0 spiro atoms. The molecule has 0 aromatic carbocycles. The van der Waals surface area contributed by atoms with E-state index in [0.717, 1.165) is 0 Å². The summed E-state index contributed by atoms with van der Waals surface area (Å²) in [5, 5.41) is 22.0. The highest BCUT2D eigenvalue weighted by Gasteiger charge is 2.17. The molecular weight excluding hydrogens is 254 g/mol. The summed E-state index contributed by atoms with van der Waals surface area (Å²) in [6.45, 7) is 3.07. The van der Waals surface area contributed by atoms with Crippen LogP contribution in [0.2, 0.25) is 0 Å². The van der Waals surface area contributed by atoms with Crippen LogP contribution in [0.3, 0.4) is 0 Å². The minimum atomic E-state index is -1.18. The SMILES string of the molecule is Cc1cc(NC(=O)Cn2nnc(C(=O)O)c2C)no1. The lowest BCUT2D eigenvalue weighted by molar-refractivity contribution is -0.117. The first-order chi connectivity index (χ1) is 8.97. The normalized spacial score (nSPS) is 10.4. The zero-order valence-corrected chi connectivity index (χ0v) is 10.2. The third kappa shape index (κ3) is 2.76. The van der Waals surface area contributed by atoms with Crippen LogP contribution in [0.1, 0.15) is 21.9 Å². The number of carboxylic acids is 1. The van der Waals surface area contributed by atoms with Gasteiger partial charge in [0, 0.05) is 6.07 Å². The Morgan fingerprint density at radius 3 is 2.74 bits per heavy atom. The molecule has 2 rings (SSSR count). The Bertz CT molecular complexity index is 630. The van der Waals surface area contributed by atoms with Gasteiger partial charge in [0.25, 0.3) is 0 Å². The molecule has 2 heterocycles. The number of hydrogen-bond acceptors (Lipinski definition) is 6. The van der Waals surface area contributed by atoms with Crippen LogP contribution in [-0.2, 0) is 11.3 Å². The Hall–Kier alpha value is -2.71. The Balaban J connectivity index is 2.05. The molecule has 19 heavy (non-hydrogen) atoms. The number of aromatic nitrogens is 4. The topological polar surface area (TPSA) is 123 Å². The van der Waals surface area contributed by atoms with E-state index in [1.807, 2.05) is 0 Å². The van der Waals surface area contributed by atoms with Crippen molar-refractivity contribution in [1.29, 1.82) is 0 Å². The van der Waals surface area contributed by atoms with Crippen molar-refractivity contribution in [2.75, 3.05) is 5.32 Å². The summed E-state index contributed by atoms with van der Waals surface area (Å²) in [6, 6.07) is 1.56. The molecule has 2 aromatic rings. The Labute approximate surface area is 107 Å². The molecule has 0 radical (unpaired) electrons. The van der Waals surface area contributed by atoms with E-state index in [9.17, 15) is 9.59 Å². The third-order valence-corrected chi connectivity index (χ3v) is 2.37. The van der Waals surface area contributed by atoms with E-state index in [0.29, 0.717) is 17.3 Å². The Morgan fingerprint density at radius 1 is 1.47 bits per heavy atom. The summed E-state index contributed by atoms with van der Waals surface area (Å²) in [5.41, 5.74) is 0.129. The highest BCUT2D eigenvalue weighted by atomic mass is 16.5. The maximum Gasteiger partial charge on any atom is 0.358 e. The molecule has 9 heteroatoms. The number of aromatic carboxylic acids is 1. The van der Waals surface area contributed by atoms with E-state index >= 15 is 0 Å². The molecular formula is C10H11N5O4. The van der Waals surface area contributed by atoms with Gasteiger partial charge in [-0.25, -0.2) is 9.48 Å². The summed E-state index contributed by atoms with van der Waals surface area (Å²) in [5.74, 6) is -0.728. The quantitative estimate of drug-likeness (QED) is 0.810. The van der Waals surface area contributed by atoms with Crippen molar-refractivity contribution in [2.24, 2.45) is 0 Å². The van der Waals surface area contributed by atoms with Crippen LogP contribution in [0.25, 0.3) is 0 Å². The minimum absolute atomic E-state index is 0.155. The Kier molecular flexibility index (Phi) is 3.27. The molecule has 100 valence electrons. The molecule has 0 aliphatic heterocycles. The van der Waals surface area contributed by atoms with Gasteiger partial charge in [-0.3, -0.25) is 4.79 Å². The number of hydrogen-bond donors (Lipinski definition) is 2. The highest BCUT2D eigenvalue weighted by molar-refractivity contribution is 5.90. The highest BCUT2D eigenvalue weighted by Crippen LogP contribution is 2.08. The number of nitrogens with one attached hydrogen (secondary N) is 1. The van der Waals surface area contributed by atoms with Crippen LogP contribution >= 0.6 is 0 Å². The zero-order chi connectivity index (χ0) is 14.0. The largest absolute Gasteiger partial charge is 0.476 e. The van der Waals surface area contributed by atoms with E-state index < -0.39 is 11.9 Å². The number of amides is 1. The van der Waals surface area contributed by atoms with Crippen LogP contribution in [0.4, 0.5) is 5.82 Å². The van der Waals surface area contributed by atoms with Gasteiger partial charge < -0.3 is 14.9 Å². The second-order valence-corrected chi connectivity index (χ2v) is 3.86. The average molecular weight is 265 g/mol. The average Bonchev–Trinajstić information content (AvgIpc) is 2.87. The van der Waals surface area contributed by atoms with E-state index in [1.54, 1.807) is 13.0 Å². The van der Waals surface area contributed by atoms with E-state index in [2.05, 4.69) is 20.8 Å². The van der Waals surface area contributed by atoms with Crippen molar-refractivity contribution < 1.29 is 19.2 Å². The van der Waals surface area contributed by atoms with Gasteiger partial charge in [0.15, 0.2) is 11.5 Å². The number of nitrogens with zero attached hydrogens (tertiary/aromatic N) is 4. The minimum Gasteiger partial charge on any atom is -0.476 e. The van der Waals surface area contributed by atoms with Gasteiger partial charge in [-0.2, -0.15) is 0 Å². The van der Waals surface area contributed by atoms with Crippen LogP contribution in [0.15, 0.2) is 10.6 Å². The molecule has 0 aliphatic rings. The molecule has 9 nitrogen and oxygen atoms in total. The zero-order valence-electron chi connectivity index (χ0n) is 10.2. The standard InChI is InChI=1S/C10H11N5O4/c1-5-3-7(13-19-5)11-8(16)4-15-6(2)9(10(17)18)12-14-15/h3H,4H2,1-2H3,(H,17,18)(H,11,13,16). The number of aryl methyl sites for hydroxylation is 1. The van der Waals surface area contributed by atoms with Crippen LogP contribution < -0.4 is 5.32 Å². The summed E-state index contributed by atoms with van der Waals surface area (Å²) in [6.07, 6.45) is 0. The molecule has 0 atom stereocenters. The summed E-state index contributed by atoms with van der Waals surface area (Å²) in [7, 11) is 0. The number of carboxylic acid groups (broad SMARTS) is 1. The third-order valence-electron chi connectivity index (χ3n) is 2.37. The molecule has 0 bridgehead atoms. The van der Waals surface area contributed by atoms with Crippen LogP contribution in [0.5, 0.6) is 0 Å². The predicted molar refractivity (Wildman–Crippen MR) is 61.6 cm³/mol. The van der Waals surface area contributed by atoms with Crippen molar-refractivity contribution >= 4 is 17.7 Å². The van der Waals surface area contributed by atoms with E-state index in [4.69, 9.17) is 9.63 Å². The fourth-order valence-electron chi connectivity index (χ4n) is 1.45. The first kappa shape index (κ1) is 12.7. The number of rotatable bonds is 4. The lowest BCUT2D eigenvalue weighted by atomic mass is 10.3. The second-order valence-electron chi connectivity index (χ2n) is 3.86. The smallest absolute Gasteiger partial charge is 0.358 e. The summed E-state index contributed by atoms with van der Waals surface area (Å²) in [4.78, 5) is 22.5. The first-order valence-corrected chi connectivity index (χ1v) is 5.34. The van der Waals surface area contributed by atoms with Gasteiger partial charge in [-0.05, 0) is 13.8 Å². The number of carbonyl (C=O) groups excluding carboxylic acids is 1. The molecule has 0 saturated heterocycles. The van der Waals surface area contributed by atoms with Crippen molar-refractivity contribution in [2.45, 2.75) is 20.4 Å². The maximum atomic E-state index is 11.7. The fourth-order valence-corrected chi connectivity index (χ4v) is 1.45. The monoisotopic (exact) mass is 265 g/mol. The fraction of sp³-hybridized carbons (Fsp3) is 0.300. The van der Waals surface area contributed by atoms with Crippen LogP contribution in [0, 0.1) is 13.8 Å². The van der Waals surface area contributed by atoms with Gasteiger partial charge in [0.05, 0.1) is 5.69 Å². The molecule has 1 amide bonds. The molecule has 2 N–H and O–H groups in total. The molecule has 0 unspecified atom stereocenters. The molecule has 0 aliphatic carbocycles. The van der Waals surface area contributed by atoms with Crippen LogP contribution in [-0.4, -0.2) is 37.1 Å². The number of carbonyl (C=O) groups is 2. The van der Waals surface area contributed by atoms with Crippen molar-refractivity contribution in [3.8, 4) is 0 Å². The van der Waals surface area contributed by atoms with Gasteiger partial charge in [-0.1, -0.05) is 10.4 Å². The molecule has 2 aromatic heterocycles. The number of anilines is 1. The van der Waals surface area contributed by atoms with E-state index in [1.165, 1.54) is 11.6 Å². The van der Waals surface area contributed by atoms with Crippen molar-refractivity contribution in [3.05, 3.63) is 23.2 Å². The lowest BCUT2D eigenvalue weighted by Crippen LogP contribution is -2.20. The lowest BCUT2D eigenvalue weighted by Gasteiger charge is -2.02. The van der Waals surface area contributed by atoms with Crippen molar-refractivity contribution in [1.82, 2.24) is 20.2 Å².